The van der Waals surface area contributed by atoms with Crippen LogP contribution in [-0.4, -0.2) is 64.8 Å². The highest BCUT2D eigenvalue weighted by Crippen LogP contribution is 2.31. The molecule has 3 heterocycles. The highest BCUT2D eigenvalue weighted by molar-refractivity contribution is 4.93. The van der Waals surface area contributed by atoms with E-state index in [-0.39, 0.29) is 44.8 Å². The van der Waals surface area contributed by atoms with Gasteiger partial charge in [0.1, 0.15) is 44.8 Å². The van der Waals surface area contributed by atoms with Gasteiger partial charge < -0.3 is 33.2 Å². The van der Waals surface area contributed by atoms with E-state index in [1.807, 2.05) is 0 Å². The summed E-state index contributed by atoms with van der Waals surface area (Å²) in [5.41, 5.74) is 0. The fourth-order valence-electron chi connectivity index (χ4n) is 2.35. The van der Waals surface area contributed by atoms with Gasteiger partial charge in [-0.1, -0.05) is 0 Å². The van der Waals surface area contributed by atoms with Crippen molar-refractivity contribution >= 4 is 0 Å². The third-order valence-corrected chi connectivity index (χ3v) is 3.14. The van der Waals surface area contributed by atoms with Gasteiger partial charge in [-0.05, 0) is 0 Å². The highest BCUT2D eigenvalue weighted by Gasteiger charge is 2.50. The molecule has 17 heavy (non-hydrogen) atoms. The van der Waals surface area contributed by atoms with Crippen LogP contribution in [0.2, 0.25) is 0 Å². The molecule has 0 radical (unpaired) electrons. The second kappa shape index (κ2) is 5.15. The van der Waals surface area contributed by atoms with Gasteiger partial charge >= 0.3 is 0 Å². The van der Waals surface area contributed by atoms with Gasteiger partial charge in [-0.2, -0.15) is 0 Å². The molecular formula is C10H16O7. The minimum atomic E-state index is -0.492. The fraction of sp³-hybridized carbons (Fsp3) is 1.00. The molecule has 0 saturated carbocycles. The van der Waals surface area contributed by atoms with Gasteiger partial charge in [-0.25, -0.2) is 0 Å². The summed E-state index contributed by atoms with van der Waals surface area (Å²) in [5, 5.41) is 0. The molecule has 0 aromatic heterocycles. The van der Waals surface area contributed by atoms with Crippen LogP contribution in [-0.2, 0) is 33.2 Å². The van der Waals surface area contributed by atoms with E-state index in [4.69, 9.17) is 33.2 Å². The van der Waals surface area contributed by atoms with Crippen LogP contribution < -0.4 is 0 Å². The molecule has 3 rings (SSSR count). The van der Waals surface area contributed by atoms with Crippen LogP contribution in [0, 0.1) is 0 Å². The molecule has 3 fully saturated rings. The van der Waals surface area contributed by atoms with E-state index in [2.05, 4.69) is 0 Å². The zero-order valence-electron chi connectivity index (χ0n) is 9.57. The smallest absolute Gasteiger partial charge is 0.186 e. The van der Waals surface area contributed by atoms with E-state index in [1.165, 1.54) is 0 Å². The third-order valence-electron chi connectivity index (χ3n) is 3.14. The minimum absolute atomic E-state index is 0.165. The Morgan fingerprint density at radius 3 is 2.41 bits per heavy atom. The van der Waals surface area contributed by atoms with Crippen molar-refractivity contribution in [3.05, 3.63) is 0 Å². The second-order valence-corrected chi connectivity index (χ2v) is 4.10. The Morgan fingerprint density at radius 1 is 0.882 bits per heavy atom. The Labute approximate surface area is 98.8 Å². The molecule has 0 aromatic carbocycles. The second-order valence-electron chi connectivity index (χ2n) is 4.10. The molecule has 7 nitrogen and oxygen atoms in total. The van der Waals surface area contributed by atoms with Crippen molar-refractivity contribution in [3.63, 3.8) is 0 Å². The van der Waals surface area contributed by atoms with Crippen LogP contribution in [0.15, 0.2) is 0 Å². The molecule has 3 aliphatic heterocycles. The van der Waals surface area contributed by atoms with Crippen LogP contribution in [0.3, 0.4) is 0 Å². The molecular weight excluding hydrogens is 232 g/mol. The van der Waals surface area contributed by atoms with E-state index < -0.39 is 6.29 Å². The monoisotopic (exact) mass is 248 g/mol. The first-order chi connectivity index (χ1) is 8.40. The summed E-state index contributed by atoms with van der Waals surface area (Å²) < 4.78 is 38.0. The molecule has 3 saturated heterocycles. The average molecular weight is 248 g/mol. The predicted octanol–water partition coefficient (Wildman–Crippen LogP) is -0.554. The summed E-state index contributed by atoms with van der Waals surface area (Å²) in [6.45, 7) is 1.07. The number of hydrogen-bond acceptors (Lipinski definition) is 7. The topological polar surface area (TPSA) is 64.6 Å². The van der Waals surface area contributed by atoms with Gasteiger partial charge in [0.2, 0.25) is 0 Å². The molecule has 98 valence electrons. The van der Waals surface area contributed by atoms with E-state index >= 15 is 0 Å². The van der Waals surface area contributed by atoms with Crippen LogP contribution in [0.1, 0.15) is 0 Å². The quantitative estimate of drug-likeness (QED) is 0.616. The molecule has 0 unspecified atom stereocenters. The lowest BCUT2D eigenvalue weighted by molar-refractivity contribution is -0.340. The van der Waals surface area contributed by atoms with Crippen molar-refractivity contribution in [2.75, 3.05) is 34.1 Å². The number of ether oxygens (including phenoxy) is 7. The maximum Gasteiger partial charge on any atom is 0.186 e. The van der Waals surface area contributed by atoms with E-state index in [0.29, 0.717) is 6.61 Å². The van der Waals surface area contributed by atoms with Crippen LogP contribution in [0.5, 0.6) is 0 Å². The SMILES string of the molecule is CO[C@H]1O[C@@H]2COCO[C@H]2[C@@H]2OCOCO[C@@H]12. The van der Waals surface area contributed by atoms with Gasteiger partial charge in [0.05, 0.1) is 6.61 Å². The fourth-order valence-corrected chi connectivity index (χ4v) is 2.35. The summed E-state index contributed by atoms with van der Waals surface area (Å²) in [7, 11) is 1.57. The molecule has 0 spiro atoms. The molecule has 3 aliphatic rings. The van der Waals surface area contributed by atoms with Gasteiger partial charge in [0, 0.05) is 7.11 Å². The molecule has 5 atom stereocenters. The Hall–Kier alpha value is -0.280. The normalized spacial score (nSPS) is 46.8. The van der Waals surface area contributed by atoms with Gasteiger partial charge in [0.25, 0.3) is 0 Å². The first kappa shape index (κ1) is 11.8. The number of rotatable bonds is 1. The molecule has 0 amide bonds. The molecule has 0 aromatic rings. The van der Waals surface area contributed by atoms with Crippen molar-refractivity contribution in [2.24, 2.45) is 0 Å². The molecule has 0 N–H and O–H groups in total. The maximum absolute atomic E-state index is 5.73. The summed E-state index contributed by atoms with van der Waals surface area (Å²) in [6.07, 6.45) is -1.50. The zero-order chi connectivity index (χ0) is 11.7. The van der Waals surface area contributed by atoms with Gasteiger partial charge in [-0.3, -0.25) is 0 Å². The summed E-state index contributed by atoms with van der Waals surface area (Å²) in [5.74, 6) is 0. The Bertz CT molecular complexity index is 261. The number of fused-ring (bicyclic) bond motifs is 3. The average Bonchev–Trinajstić information content (AvgIpc) is 2.63. The standard InChI is InChI=1S/C10H16O7/c1-11-10-9-8(15-4-13-5-16-9)7-6(17-10)2-12-3-14-7/h6-10H,2-5H2,1H3/t6-,7-,8+,9-,10+/m1/s1. The van der Waals surface area contributed by atoms with Gasteiger partial charge in [0.15, 0.2) is 6.29 Å². The van der Waals surface area contributed by atoms with E-state index in [0.717, 1.165) is 0 Å². The molecule has 0 aliphatic carbocycles. The maximum atomic E-state index is 5.73. The predicted molar refractivity (Wildman–Crippen MR) is 51.9 cm³/mol. The van der Waals surface area contributed by atoms with Crippen molar-refractivity contribution in [1.82, 2.24) is 0 Å². The number of hydrogen-bond donors (Lipinski definition) is 0. The summed E-state index contributed by atoms with van der Waals surface area (Å²) >= 11 is 0. The highest BCUT2D eigenvalue weighted by atomic mass is 16.8. The van der Waals surface area contributed by atoms with Crippen molar-refractivity contribution in [3.8, 4) is 0 Å². The van der Waals surface area contributed by atoms with Crippen molar-refractivity contribution < 1.29 is 33.2 Å². The van der Waals surface area contributed by atoms with Gasteiger partial charge in [-0.15, -0.1) is 0 Å². The molecule has 0 bridgehead atoms. The third kappa shape index (κ3) is 2.19. The summed E-state index contributed by atoms with van der Waals surface area (Å²) in [4.78, 5) is 0. The van der Waals surface area contributed by atoms with Crippen LogP contribution in [0.25, 0.3) is 0 Å². The van der Waals surface area contributed by atoms with E-state index in [1.54, 1.807) is 7.11 Å². The Kier molecular flexibility index (Phi) is 3.57. The number of methoxy groups -OCH3 is 1. The lowest BCUT2D eigenvalue weighted by atomic mass is 9.98. The summed E-state index contributed by atoms with van der Waals surface area (Å²) in [6, 6.07) is 0. The Morgan fingerprint density at radius 2 is 1.59 bits per heavy atom. The zero-order valence-corrected chi connectivity index (χ0v) is 9.57. The lowest BCUT2D eigenvalue weighted by Gasteiger charge is -2.45. The van der Waals surface area contributed by atoms with E-state index in [9.17, 15) is 0 Å². The molecule has 7 heteroatoms. The van der Waals surface area contributed by atoms with Crippen molar-refractivity contribution in [1.29, 1.82) is 0 Å². The first-order valence-corrected chi connectivity index (χ1v) is 5.58. The van der Waals surface area contributed by atoms with Crippen LogP contribution in [0.4, 0.5) is 0 Å². The van der Waals surface area contributed by atoms with Crippen molar-refractivity contribution in [2.45, 2.75) is 30.7 Å². The first-order valence-electron chi connectivity index (χ1n) is 5.58. The largest absolute Gasteiger partial charge is 0.353 e. The lowest BCUT2D eigenvalue weighted by Crippen LogP contribution is -2.62. The van der Waals surface area contributed by atoms with Crippen LogP contribution >= 0.6 is 0 Å². The minimum Gasteiger partial charge on any atom is -0.353 e. The Balaban J connectivity index is 1.80.